The zero-order chi connectivity index (χ0) is 29.4. The normalized spacial score (nSPS) is 11.5. The number of nitrogens with one attached hydrogen (secondary N) is 1. The molecular weight excluding hydrogens is 552 g/mol. The largest absolute Gasteiger partial charge is 0.486 e. The summed E-state index contributed by atoms with van der Waals surface area (Å²) in [4.78, 5) is 29.8. The van der Waals surface area contributed by atoms with Crippen molar-refractivity contribution in [3.63, 3.8) is 0 Å². The van der Waals surface area contributed by atoms with E-state index in [1.54, 1.807) is 24.7 Å². The zero-order valence-corrected chi connectivity index (χ0v) is 23.5. The van der Waals surface area contributed by atoms with Crippen LogP contribution >= 0.6 is 11.3 Å². The predicted octanol–water partition coefficient (Wildman–Crippen LogP) is 6.59. The second kappa shape index (κ2) is 11.1. The average molecular weight is 580 g/mol. The van der Waals surface area contributed by atoms with Crippen LogP contribution in [0.3, 0.4) is 0 Å². The van der Waals surface area contributed by atoms with E-state index in [1.165, 1.54) is 23.9 Å². The Kier molecular flexibility index (Phi) is 7.59. The van der Waals surface area contributed by atoms with E-state index in [1.807, 2.05) is 24.3 Å². The van der Waals surface area contributed by atoms with Crippen LogP contribution in [0, 0.1) is 6.92 Å². The molecule has 0 aliphatic carbocycles. The molecule has 0 radical (unpaired) electrons. The standard InChI is InChI=1S/C29H27F2N5O4S/c1-14(2)16-5-7-17(8-6-16)39-13-18-9-10-22(40-18)28(38)35-24-23-19(20-12-33-36(4)15(20)3)11-21(26(30)31)34-29(23)41-25(24)27(32)37/h5-12,14,26H,13H2,1-4H3,(H2,32,37)(H,35,38). The Morgan fingerprint density at radius 3 is 2.49 bits per heavy atom. The minimum atomic E-state index is -2.86. The number of fused-ring (bicyclic) bond motifs is 1. The number of aryl methyl sites for hydroxylation is 1. The number of hydrogen-bond acceptors (Lipinski definition) is 7. The van der Waals surface area contributed by atoms with Crippen LogP contribution in [0.2, 0.25) is 0 Å². The quantitative estimate of drug-likeness (QED) is 0.203. The van der Waals surface area contributed by atoms with Gasteiger partial charge in [-0.25, -0.2) is 13.8 Å². The molecule has 4 aromatic heterocycles. The molecule has 0 aliphatic heterocycles. The highest BCUT2D eigenvalue weighted by Crippen LogP contribution is 2.43. The van der Waals surface area contributed by atoms with Crippen molar-refractivity contribution in [2.75, 3.05) is 5.32 Å². The lowest BCUT2D eigenvalue weighted by atomic mass is 10.0. The highest BCUT2D eigenvalue weighted by molar-refractivity contribution is 7.21. The van der Waals surface area contributed by atoms with Crippen molar-refractivity contribution >= 4 is 39.1 Å². The zero-order valence-electron chi connectivity index (χ0n) is 22.7. The Labute approximate surface area is 237 Å². The summed E-state index contributed by atoms with van der Waals surface area (Å²) in [5, 5.41) is 7.22. The molecule has 4 heterocycles. The van der Waals surface area contributed by atoms with Crippen molar-refractivity contribution in [3.05, 3.63) is 82.0 Å². The summed E-state index contributed by atoms with van der Waals surface area (Å²) in [5.41, 5.74) is 7.98. The fourth-order valence-corrected chi connectivity index (χ4v) is 5.37. The summed E-state index contributed by atoms with van der Waals surface area (Å²) in [6.07, 6.45) is -1.33. The number of rotatable bonds is 9. The third-order valence-electron chi connectivity index (χ3n) is 6.71. The number of thiophene rings is 1. The summed E-state index contributed by atoms with van der Waals surface area (Å²) < 4.78 is 40.6. The van der Waals surface area contributed by atoms with Crippen LogP contribution in [-0.4, -0.2) is 26.6 Å². The number of hydrogen-bond donors (Lipinski definition) is 2. The van der Waals surface area contributed by atoms with E-state index in [-0.39, 0.29) is 27.8 Å². The highest BCUT2D eigenvalue weighted by atomic mass is 32.1. The van der Waals surface area contributed by atoms with Crippen LogP contribution in [0.1, 0.15) is 69.1 Å². The van der Waals surface area contributed by atoms with Gasteiger partial charge >= 0.3 is 0 Å². The Balaban J connectivity index is 1.46. The van der Waals surface area contributed by atoms with Crippen LogP contribution < -0.4 is 15.8 Å². The second-order valence-electron chi connectivity index (χ2n) is 9.75. The number of aromatic nitrogens is 3. The van der Waals surface area contributed by atoms with Gasteiger partial charge in [0, 0.05) is 23.7 Å². The first kappa shape index (κ1) is 28.0. The van der Waals surface area contributed by atoms with Crippen LogP contribution in [0.25, 0.3) is 21.3 Å². The Morgan fingerprint density at radius 2 is 1.88 bits per heavy atom. The number of ether oxygens (including phenoxy) is 1. The van der Waals surface area contributed by atoms with Crippen LogP contribution in [0.15, 0.2) is 53.1 Å². The Hall–Kier alpha value is -4.58. The van der Waals surface area contributed by atoms with Crippen LogP contribution in [0.5, 0.6) is 5.75 Å². The van der Waals surface area contributed by atoms with E-state index in [0.29, 0.717) is 39.6 Å². The lowest BCUT2D eigenvalue weighted by Gasteiger charge is -2.10. The Bertz CT molecular complexity index is 1750. The first-order valence-corrected chi connectivity index (χ1v) is 13.5. The van der Waals surface area contributed by atoms with Crippen molar-refractivity contribution < 1.29 is 27.5 Å². The maximum atomic E-state index is 13.8. The van der Waals surface area contributed by atoms with Crippen LogP contribution in [0.4, 0.5) is 14.5 Å². The van der Waals surface area contributed by atoms with Gasteiger partial charge in [0.2, 0.25) is 0 Å². The Morgan fingerprint density at radius 1 is 1.15 bits per heavy atom. The average Bonchev–Trinajstić information content (AvgIpc) is 3.65. The SMILES string of the molecule is Cc1c(-c2cc(C(F)F)nc3sc(C(N)=O)c(NC(=O)c4ccc(COc5ccc(C(C)C)cc5)o4)c23)cnn1C. The number of carbonyl (C=O) groups excluding carboxylic acids is 2. The maximum Gasteiger partial charge on any atom is 0.291 e. The number of anilines is 1. The molecule has 5 rings (SSSR count). The topological polar surface area (TPSA) is 125 Å². The van der Waals surface area contributed by atoms with Gasteiger partial charge in [0.15, 0.2) is 5.76 Å². The summed E-state index contributed by atoms with van der Waals surface area (Å²) in [7, 11) is 1.72. The molecule has 2 amide bonds. The smallest absolute Gasteiger partial charge is 0.291 e. The fourth-order valence-electron chi connectivity index (χ4n) is 4.35. The monoisotopic (exact) mass is 579 g/mol. The molecule has 0 saturated heterocycles. The van der Waals surface area contributed by atoms with Crippen molar-refractivity contribution in [3.8, 4) is 16.9 Å². The molecule has 5 aromatic rings. The number of nitrogens with zero attached hydrogens (tertiary/aromatic N) is 3. The summed E-state index contributed by atoms with van der Waals surface area (Å²) in [6, 6.07) is 12.0. The van der Waals surface area contributed by atoms with Gasteiger partial charge in [-0.1, -0.05) is 26.0 Å². The number of primary amides is 1. The highest BCUT2D eigenvalue weighted by Gasteiger charge is 2.27. The number of furan rings is 1. The van der Waals surface area contributed by atoms with E-state index in [2.05, 4.69) is 29.2 Å². The van der Waals surface area contributed by atoms with E-state index in [4.69, 9.17) is 14.9 Å². The van der Waals surface area contributed by atoms with E-state index in [9.17, 15) is 18.4 Å². The van der Waals surface area contributed by atoms with Crippen molar-refractivity contribution in [2.24, 2.45) is 12.8 Å². The van der Waals surface area contributed by atoms with Gasteiger partial charge in [-0.15, -0.1) is 11.3 Å². The van der Waals surface area contributed by atoms with E-state index in [0.717, 1.165) is 11.3 Å². The molecule has 0 atom stereocenters. The van der Waals surface area contributed by atoms with Crippen molar-refractivity contribution in [1.82, 2.24) is 14.8 Å². The molecule has 0 unspecified atom stereocenters. The molecule has 12 heteroatoms. The lowest BCUT2D eigenvalue weighted by molar-refractivity contribution is 0.0992. The summed E-state index contributed by atoms with van der Waals surface area (Å²) in [6.45, 7) is 6.08. The lowest BCUT2D eigenvalue weighted by Crippen LogP contribution is -2.16. The molecule has 1 aromatic carbocycles. The molecule has 0 saturated carbocycles. The van der Waals surface area contributed by atoms with Gasteiger partial charge in [-0.05, 0) is 54.3 Å². The van der Waals surface area contributed by atoms with E-state index < -0.39 is 23.9 Å². The van der Waals surface area contributed by atoms with Gasteiger partial charge in [-0.2, -0.15) is 5.10 Å². The first-order chi connectivity index (χ1) is 19.5. The number of halogens is 2. The number of benzene rings is 1. The molecule has 0 spiro atoms. The van der Waals surface area contributed by atoms with Gasteiger partial charge in [-0.3, -0.25) is 14.3 Å². The third-order valence-corrected chi connectivity index (χ3v) is 7.80. The molecule has 41 heavy (non-hydrogen) atoms. The molecule has 0 aliphatic rings. The number of nitrogens with two attached hydrogens (primary N) is 1. The van der Waals surface area contributed by atoms with Gasteiger partial charge < -0.3 is 20.2 Å². The van der Waals surface area contributed by atoms with Crippen molar-refractivity contribution in [2.45, 2.75) is 39.7 Å². The molecule has 212 valence electrons. The van der Waals surface area contributed by atoms with E-state index >= 15 is 0 Å². The molecule has 9 nitrogen and oxygen atoms in total. The second-order valence-corrected chi connectivity index (χ2v) is 10.7. The fraction of sp³-hybridized carbons (Fsp3) is 0.241. The molecular formula is C29H27F2N5O4S. The molecule has 0 fully saturated rings. The van der Waals surface area contributed by atoms with Gasteiger partial charge in [0.1, 0.15) is 33.5 Å². The summed E-state index contributed by atoms with van der Waals surface area (Å²) in [5.74, 6) is -0.0776. The minimum Gasteiger partial charge on any atom is -0.486 e. The minimum absolute atomic E-state index is 0.0324. The maximum absolute atomic E-state index is 13.8. The number of pyridine rings is 1. The number of amides is 2. The summed E-state index contributed by atoms with van der Waals surface area (Å²) >= 11 is 0.824. The predicted molar refractivity (Wildman–Crippen MR) is 152 cm³/mol. The third kappa shape index (κ3) is 5.55. The number of alkyl halides is 2. The van der Waals surface area contributed by atoms with Crippen LogP contribution in [-0.2, 0) is 13.7 Å². The van der Waals surface area contributed by atoms with Gasteiger partial charge in [0.05, 0.1) is 11.9 Å². The molecule has 3 N–H and O–H groups in total. The van der Waals surface area contributed by atoms with Gasteiger partial charge in [0.25, 0.3) is 18.2 Å². The first-order valence-electron chi connectivity index (χ1n) is 12.7. The number of carbonyl (C=O) groups is 2. The molecule has 0 bridgehead atoms. The van der Waals surface area contributed by atoms with Crippen molar-refractivity contribution in [1.29, 1.82) is 0 Å².